The Morgan fingerprint density at radius 1 is 0.941 bits per heavy atom. The zero-order valence-corrected chi connectivity index (χ0v) is 21.9. The van der Waals surface area contributed by atoms with Crippen LogP contribution < -0.4 is 5.32 Å². The third kappa shape index (κ3) is 5.87. The number of hydrogen-bond acceptors (Lipinski definition) is 3. The van der Waals surface area contributed by atoms with E-state index in [1.807, 2.05) is 0 Å². The van der Waals surface area contributed by atoms with E-state index in [-0.39, 0.29) is 17.5 Å². The first-order valence-corrected chi connectivity index (χ1v) is 14.2. The SMILES string of the molecule is CC(C)(C)NC(=O)[C@@H]1C[C@@H]2CCCC[C@@H]2CN1C[C@H]1C[C@H](c2ccc(CN3CCCC3)cc2)C1. The summed E-state index contributed by atoms with van der Waals surface area (Å²) in [6, 6.07) is 9.57. The number of benzene rings is 1. The molecule has 2 saturated carbocycles. The summed E-state index contributed by atoms with van der Waals surface area (Å²) in [6.07, 6.45) is 11.8. The van der Waals surface area contributed by atoms with Gasteiger partial charge in [-0.1, -0.05) is 43.5 Å². The van der Waals surface area contributed by atoms with Crippen LogP contribution in [0.4, 0.5) is 0 Å². The highest BCUT2D eigenvalue weighted by atomic mass is 16.2. The molecule has 0 bridgehead atoms. The number of rotatable bonds is 6. The number of piperidine rings is 1. The quantitative estimate of drug-likeness (QED) is 0.596. The fourth-order valence-corrected chi connectivity index (χ4v) is 7.21. The third-order valence-electron chi connectivity index (χ3n) is 9.09. The molecule has 2 aliphatic carbocycles. The summed E-state index contributed by atoms with van der Waals surface area (Å²) in [7, 11) is 0. The van der Waals surface area contributed by atoms with E-state index in [0.717, 1.165) is 43.8 Å². The molecule has 2 heterocycles. The van der Waals surface area contributed by atoms with Crippen molar-refractivity contribution in [1.82, 2.24) is 15.1 Å². The number of hydrogen-bond donors (Lipinski definition) is 1. The van der Waals surface area contributed by atoms with Gasteiger partial charge in [-0.15, -0.1) is 0 Å². The molecule has 2 aliphatic heterocycles. The topological polar surface area (TPSA) is 35.6 Å². The number of fused-ring (bicyclic) bond motifs is 1. The van der Waals surface area contributed by atoms with Gasteiger partial charge in [-0.2, -0.15) is 0 Å². The Hall–Kier alpha value is -1.39. The lowest BCUT2D eigenvalue weighted by atomic mass is 9.69. The molecule has 1 N–H and O–H groups in total. The largest absolute Gasteiger partial charge is 0.350 e. The van der Waals surface area contributed by atoms with Crippen LogP contribution in [-0.4, -0.2) is 53.5 Å². The molecule has 0 unspecified atom stereocenters. The predicted molar refractivity (Wildman–Crippen MR) is 140 cm³/mol. The lowest BCUT2D eigenvalue weighted by Crippen LogP contribution is -2.58. The van der Waals surface area contributed by atoms with Crippen molar-refractivity contribution in [1.29, 1.82) is 0 Å². The monoisotopic (exact) mass is 465 g/mol. The second kappa shape index (κ2) is 10.3. The molecule has 1 aromatic carbocycles. The average molecular weight is 466 g/mol. The second-order valence-corrected chi connectivity index (χ2v) is 13.0. The van der Waals surface area contributed by atoms with Crippen molar-refractivity contribution >= 4 is 5.91 Å². The molecule has 4 heteroatoms. The molecular formula is C30H47N3O. The van der Waals surface area contributed by atoms with Crippen LogP contribution in [0.2, 0.25) is 0 Å². The molecule has 0 radical (unpaired) electrons. The van der Waals surface area contributed by atoms with Gasteiger partial charge in [-0.05, 0) is 107 Å². The molecule has 2 saturated heterocycles. The van der Waals surface area contributed by atoms with Gasteiger partial charge in [0.25, 0.3) is 0 Å². The number of likely N-dealkylation sites (tertiary alicyclic amines) is 2. The van der Waals surface area contributed by atoms with Gasteiger partial charge in [0.1, 0.15) is 0 Å². The fourth-order valence-electron chi connectivity index (χ4n) is 7.21. The molecule has 188 valence electrons. The van der Waals surface area contributed by atoms with Crippen LogP contribution >= 0.6 is 0 Å². The summed E-state index contributed by atoms with van der Waals surface area (Å²) in [5, 5.41) is 3.31. The first-order chi connectivity index (χ1) is 16.3. The minimum Gasteiger partial charge on any atom is -0.350 e. The number of nitrogens with zero attached hydrogens (tertiary/aromatic N) is 2. The first kappa shape index (κ1) is 24.3. The Kier molecular flexibility index (Phi) is 7.37. The summed E-state index contributed by atoms with van der Waals surface area (Å²) < 4.78 is 0. The molecule has 4 aliphatic rings. The molecule has 5 rings (SSSR count). The Morgan fingerprint density at radius 3 is 2.29 bits per heavy atom. The van der Waals surface area contributed by atoms with Gasteiger partial charge in [-0.25, -0.2) is 0 Å². The van der Waals surface area contributed by atoms with Crippen molar-refractivity contribution in [2.24, 2.45) is 17.8 Å². The molecule has 0 spiro atoms. The lowest BCUT2D eigenvalue weighted by Gasteiger charge is -2.48. The van der Waals surface area contributed by atoms with Crippen LogP contribution in [0.25, 0.3) is 0 Å². The Balaban J connectivity index is 1.16. The molecule has 34 heavy (non-hydrogen) atoms. The normalized spacial score (nSPS) is 32.7. The van der Waals surface area contributed by atoms with Crippen molar-refractivity contribution in [2.45, 2.75) is 103 Å². The van der Waals surface area contributed by atoms with Gasteiger partial charge < -0.3 is 5.32 Å². The van der Waals surface area contributed by atoms with E-state index in [1.165, 1.54) is 75.6 Å². The summed E-state index contributed by atoms with van der Waals surface area (Å²) in [6.45, 7) is 12.2. The fraction of sp³-hybridized carbons (Fsp3) is 0.767. The Labute approximate surface area is 207 Å². The molecule has 1 amide bonds. The highest BCUT2D eigenvalue weighted by Crippen LogP contribution is 2.44. The van der Waals surface area contributed by atoms with Gasteiger partial charge in [0.05, 0.1) is 6.04 Å². The minimum absolute atomic E-state index is 0.0718. The lowest BCUT2D eigenvalue weighted by molar-refractivity contribution is -0.132. The number of amides is 1. The van der Waals surface area contributed by atoms with Gasteiger partial charge in [0, 0.05) is 25.2 Å². The van der Waals surface area contributed by atoms with E-state index in [2.05, 4.69) is 60.2 Å². The van der Waals surface area contributed by atoms with Gasteiger partial charge >= 0.3 is 0 Å². The maximum absolute atomic E-state index is 13.3. The van der Waals surface area contributed by atoms with Gasteiger partial charge in [-0.3, -0.25) is 14.6 Å². The Morgan fingerprint density at radius 2 is 1.62 bits per heavy atom. The molecule has 4 fully saturated rings. The third-order valence-corrected chi connectivity index (χ3v) is 9.09. The maximum atomic E-state index is 13.3. The maximum Gasteiger partial charge on any atom is 0.237 e. The predicted octanol–water partition coefficient (Wildman–Crippen LogP) is 5.57. The smallest absolute Gasteiger partial charge is 0.237 e. The summed E-state index contributed by atoms with van der Waals surface area (Å²) in [5.41, 5.74) is 2.83. The first-order valence-electron chi connectivity index (χ1n) is 14.2. The van der Waals surface area contributed by atoms with Gasteiger partial charge in [0.2, 0.25) is 5.91 Å². The zero-order chi connectivity index (χ0) is 23.7. The van der Waals surface area contributed by atoms with E-state index >= 15 is 0 Å². The summed E-state index contributed by atoms with van der Waals surface area (Å²) >= 11 is 0. The van der Waals surface area contributed by atoms with E-state index < -0.39 is 0 Å². The summed E-state index contributed by atoms with van der Waals surface area (Å²) in [5.74, 6) is 3.28. The van der Waals surface area contributed by atoms with Crippen LogP contribution in [0, 0.1) is 17.8 Å². The second-order valence-electron chi connectivity index (χ2n) is 13.0. The van der Waals surface area contributed by atoms with Crippen molar-refractivity contribution in [2.75, 3.05) is 26.2 Å². The zero-order valence-electron chi connectivity index (χ0n) is 21.9. The van der Waals surface area contributed by atoms with Crippen molar-refractivity contribution in [3.05, 3.63) is 35.4 Å². The Bertz CT molecular complexity index is 816. The van der Waals surface area contributed by atoms with Crippen molar-refractivity contribution < 1.29 is 4.79 Å². The van der Waals surface area contributed by atoms with Crippen LogP contribution in [0.15, 0.2) is 24.3 Å². The van der Waals surface area contributed by atoms with Crippen LogP contribution in [0.5, 0.6) is 0 Å². The van der Waals surface area contributed by atoms with Crippen molar-refractivity contribution in [3.8, 4) is 0 Å². The molecule has 4 nitrogen and oxygen atoms in total. The van der Waals surface area contributed by atoms with E-state index in [0.29, 0.717) is 5.92 Å². The number of carbonyl (C=O) groups is 1. The minimum atomic E-state index is -0.158. The van der Waals surface area contributed by atoms with Crippen LogP contribution in [0.1, 0.15) is 95.6 Å². The standard InChI is InChI=1S/C30H47N3O/c1-30(2,3)31-29(34)28-18-25-8-4-5-9-26(25)21-33(28)20-23-16-27(17-23)24-12-10-22(11-13-24)19-32-14-6-7-15-32/h10-13,23,25-28H,4-9,14-21H2,1-3H3,(H,31,34)/t23-,25-,26+,27-,28-/m0/s1. The molecule has 3 atom stereocenters. The summed E-state index contributed by atoms with van der Waals surface area (Å²) in [4.78, 5) is 18.4. The average Bonchev–Trinajstić information content (AvgIpc) is 3.28. The number of carbonyl (C=O) groups excluding carboxylic acids is 1. The highest BCUT2D eigenvalue weighted by molar-refractivity contribution is 5.82. The van der Waals surface area contributed by atoms with Crippen molar-refractivity contribution in [3.63, 3.8) is 0 Å². The molecular weight excluding hydrogens is 418 g/mol. The van der Waals surface area contributed by atoms with Gasteiger partial charge in [0.15, 0.2) is 0 Å². The molecule has 1 aromatic rings. The molecule has 0 aromatic heterocycles. The van der Waals surface area contributed by atoms with E-state index in [1.54, 1.807) is 0 Å². The number of nitrogens with one attached hydrogen (secondary N) is 1. The van der Waals surface area contributed by atoms with E-state index in [4.69, 9.17) is 0 Å². The van der Waals surface area contributed by atoms with Crippen LogP contribution in [-0.2, 0) is 11.3 Å². The van der Waals surface area contributed by atoms with Crippen LogP contribution in [0.3, 0.4) is 0 Å². The van der Waals surface area contributed by atoms with E-state index in [9.17, 15) is 4.79 Å². The highest BCUT2D eigenvalue weighted by Gasteiger charge is 2.42.